The monoisotopic (exact) mass is 321 g/mol. The van der Waals surface area contributed by atoms with Gasteiger partial charge in [0.05, 0.1) is 4.90 Å². The zero-order valence-corrected chi connectivity index (χ0v) is 12.4. The summed E-state index contributed by atoms with van der Waals surface area (Å²) < 4.78 is 31.1. The van der Waals surface area contributed by atoms with Crippen LogP contribution in [-0.4, -0.2) is 39.3 Å². The van der Waals surface area contributed by atoms with Crippen LogP contribution in [-0.2, 0) is 19.6 Å². The average molecular weight is 322 g/mol. The molecule has 8 heteroatoms. The third kappa shape index (κ3) is 5.09. The highest BCUT2D eigenvalue weighted by Crippen LogP contribution is 2.16. The Labute approximate surface area is 122 Å². The number of nitrogens with one attached hydrogen (secondary N) is 1. The Hall–Kier alpha value is -1.15. The smallest absolute Gasteiger partial charge is 0.321 e. The van der Waals surface area contributed by atoms with Gasteiger partial charge in [0.2, 0.25) is 10.0 Å². The number of aliphatic carboxylic acids is 1. The molecule has 0 fully saturated rings. The lowest BCUT2D eigenvalue weighted by atomic mass is 10.2. The molecule has 0 heterocycles. The number of benzene rings is 1. The molecule has 112 valence electrons. The summed E-state index contributed by atoms with van der Waals surface area (Å²) in [5, 5.41) is 9.31. The molecule has 1 rings (SSSR count). The minimum absolute atomic E-state index is 0.0667. The molecule has 1 aromatic rings. The van der Waals surface area contributed by atoms with Crippen molar-refractivity contribution in [2.24, 2.45) is 0 Å². The molecule has 0 amide bonds. The molecule has 0 aromatic heterocycles. The SMILES string of the molecule is COCCCC(NS(=O)(=O)c1cccc(Cl)c1)C(=O)O. The summed E-state index contributed by atoms with van der Waals surface area (Å²) in [4.78, 5) is 11.0. The zero-order chi connectivity index (χ0) is 15.2. The van der Waals surface area contributed by atoms with Gasteiger partial charge in [0.25, 0.3) is 0 Å². The topological polar surface area (TPSA) is 92.7 Å². The molecule has 0 aliphatic rings. The fourth-order valence-electron chi connectivity index (χ4n) is 1.55. The summed E-state index contributed by atoms with van der Waals surface area (Å²) in [5.41, 5.74) is 0. The number of ether oxygens (including phenoxy) is 1. The van der Waals surface area contributed by atoms with Crippen LogP contribution < -0.4 is 4.72 Å². The molecule has 0 radical (unpaired) electrons. The zero-order valence-electron chi connectivity index (χ0n) is 10.9. The van der Waals surface area contributed by atoms with Crippen molar-refractivity contribution < 1.29 is 23.1 Å². The van der Waals surface area contributed by atoms with E-state index in [0.29, 0.717) is 13.0 Å². The first-order valence-corrected chi connectivity index (χ1v) is 7.72. The molecule has 0 aliphatic heterocycles. The van der Waals surface area contributed by atoms with Crippen LogP contribution in [0, 0.1) is 0 Å². The normalized spacial score (nSPS) is 13.1. The predicted octanol–water partition coefficient (Wildman–Crippen LogP) is 1.50. The first-order valence-electron chi connectivity index (χ1n) is 5.86. The van der Waals surface area contributed by atoms with E-state index in [4.69, 9.17) is 21.4 Å². The van der Waals surface area contributed by atoms with Gasteiger partial charge in [0, 0.05) is 18.7 Å². The van der Waals surface area contributed by atoms with Gasteiger partial charge in [-0.25, -0.2) is 8.42 Å². The van der Waals surface area contributed by atoms with Crippen molar-refractivity contribution in [1.82, 2.24) is 4.72 Å². The van der Waals surface area contributed by atoms with Crippen LogP contribution in [0.3, 0.4) is 0 Å². The van der Waals surface area contributed by atoms with Crippen LogP contribution in [0.5, 0.6) is 0 Å². The molecule has 1 aromatic carbocycles. The predicted molar refractivity (Wildman–Crippen MR) is 74.3 cm³/mol. The number of carbonyl (C=O) groups is 1. The number of halogens is 1. The second kappa shape index (κ2) is 7.58. The van der Waals surface area contributed by atoms with Crippen molar-refractivity contribution in [3.63, 3.8) is 0 Å². The Morgan fingerprint density at radius 1 is 1.50 bits per heavy atom. The lowest BCUT2D eigenvalue weighted by molar-refractivity contribution is -0.139. The molecule has 1 atom stereocenters. The number of carboxylic acid groups (broad SMARTS) is 1. The first-order chi connectivity index (χ1) is 9.36. The highest BCUT2D eigenvalue weighted by molar-refractivity contribution is 7.89. The van der Waals surface area contributed by atoms with Crippen LogP contribution >= 0.6 is 11.6 Å². The van der Waals surface area contributed by atoms with Crippen molar-refractivity contribution in [1.29, 1.82) is 0 Å². The molecule has 0 saturated carbocycles. The fraction of sp³-hybridized carbons (Fsp3) is 0.417. The summed E-state index contributed by atoms with van der Waals surface area (Å²) in [6.07, 6.45) is 0.578. The summed E-state index contributed by atoms with van der Waals surface area (Å²) in [6.45, 7) is 0.364. The largest absolute Gasteiger partial charge is 0.480 e. The lowest BCUT2D eigenvalue weighted by Crippen LogP contribution is -2.40. The quantitative estimate of drug-likeness (QED) is 0.708. The third-order valence-electron chi connectivity index (χ3n) is 2.54. The lowest BCUT2D eigenvalue weighted by Gasteiger charge is -2.14. The maximum atomic E-state index is 12.1. The van der Waals surface area contributed by atoms with Gasteiger partial charge in [-0.15, -0.1) is 0 Å². The van der Waals surface area contributed by atoms with Crippen LogP contribution in [0.15, 0.2) is 29.2 Å². The van der Waals surface area contributed by atoms with Crippen molar-refractivity contribution in [3.8, 4) is 0 Å². The van der Waals surface area contributed by atoms with Crippen LogP contribution in [0.25, 0.3) is 0 Å². The molecule has 2 N–H and O–H groups in total. The minimum atomic E-state index is -3.92. The maximum absolute atomic E-state index is 12.1. The van der Waals surface area contributed by atoms with E-state index in [0.717, 1.165) is 0 Å². The second-order valence-corrected chi connectivity index (χ2v) is 6.25. The summed E-state index contributed by atoms with van der Waals surface area (Å²) in [7, 11) is -2.43. The molecule has 20 heavy (non-hydrogen) atoms. The van der Waals surface area contributed by atoms with E-state index in [1.807, 2.05) is 0 Å². The van der Waals surface area contributed by atoms with Gasteiger partial charge in [-0.2, -0.15) is 4.72 Å². The van der Waals surface area contributed by atoms with Gasteiger partial charge in [0.1, 0.15) is 6.04 Å². The Kier molecular flexibility index (Phi) is 6.41. The highest BCUT2D eigenvalue weighted by Gasteiger charge is 2.25. The molecule has 0 bridgehead atoms. The standard InChI is InChI=1S/C12H16ClNO5S/c1-19-7-3-6-11(12(15)16)14-20(17,18)10-5-2-4-9(13)8-10/h2,4-5,8,11,14H,3,6-7H2,1H3,(H,15,16). The van der Waals surface area contributed by atoms with Crippen LogP contribution in [0.1, 0.15) is 12.8 Å². The number of methoxy groups -OCH3 is 1. The average Bonchev–Trinajstić information content (AvgIpc) is 2.37. The van der Waals surface area contributed by atoms with Gasteiger partial charge >= 0.3 is 5.97 Å². The molecule has 0 spiro atoms. The number of carboxylic acids is 1. The van der Waals surface area contributed by atoms with E-state index in [1.165, 1.54) is 31.4 Å². The molecular formula is C12H16ClNO5S. The Morgan fingerprint density at radius 3 is 2.75 bits per heavy atom. The van der Waals surface area contributed by atoms with E-state index in [9.17, 15) is 13.2 Å². The Balaban J connectivity index is 2.83. The van der Waals surface area contributed by atoms with E-state index < -0.39 is 22.0 Å². The van der Waals surface area contributed by atoms with Crippen molar-refractivity contribution in [2.75, 3.05) is 13.7 Å². The van der Waals surface area contributed by atoms with Crippen molar-refractivity contribution in [2.45, 2.75) is 23.8 Å². The van der Waals surface area contributed by atoms with Gasteiger partial charge < -0.3 is 9.84 Å². The molecule has 0 aliphatic carbocycles. The van der Waals surface area contributed by atoms with Crippen LogP contribution in [0.2, 0.25) is 5.02 Å². The number of rotatable bonds is 8. The number of hydrogen-bond acceptors (Lipinski definition) is 4. The summed E-state index contributed by atoms with van der Waals surface area (Å²) >= 11 is 5.73. The third-order valence-corrected chi connectivity index (χ3v) is 4.25. The van der Waals surface area contributed by atoms with E-state index in [1.54, 1.807) is 0 Å². The minimum Gasteiger partial charge on any atom is -0.480 e. The molecule has 0 saturated heterocycles. The number of hydrogen-bond donors (Lipinski definition) is 2. The van der Waals surface area contributed by atoms with Gasteiger partial charge in [-0.1, -0.05) is 17.7 Å². The van der Waals surface area contributed by atoms with Gasteiger partial charge in [0.15, 0.2) is 0 Å². The molecule has 6 nitrogen and oxygen atoms in total. The molecule has 1 unspecified atom stereocenters. The first kappa shape index (κ1) is 16.9. The summed E-state index contributed by atoms with van der Waals surface area (Å²) in [6, 6.07) is 4.43. The van der Waals surface area contributed by atoms with Gasteiger partial charge in [-0.05, 0) is 31.0 Å². The fourth-order valence-corrected chi connectivity index (χ4v) is 3.08. The van der Waals surface area contributed by atoms with Crippen molar-refractivity contribution >= 4 is 27.6 Å². The maximum Gasteiger partial charge on any atom is 0.321 e. The molecular weight excluding hydrogens is 306 g/mol. The van der Waals surface area contributed by atoms with Crippen molar-refractivity contribution in [3.05, 3.63) is 29.3 Å². The summed E-state index contributed by atoms with van der Waals surface area (Å²) in [5.74, 6) is -1.23. The Bertz CT molecular complexity index is 561. The Morgan fingerprint density at radius 2 is 2.20 bits per heavy atom. The number of sulfonamides is 1. The van der Waals surface area contributed by atoms with E-state index in [-0.39, 0.29) is 16.3 Å². The highest BCUT2D eigenvalue weighted by atomic mass is 35.5. The van der Waals surface area contributed by atoms with Gasteiger partial charge in [-0.3, -0.25) is 4.79 Å². The van der Waals surface area contributed by atoms with E-state index >= 15 is 0 Å². The van der Waals surface area contributed by atoms with Crippen LogP contribution in [0.4, 0.5) is 0 Å². The second-order valence-electron chi connectivity index (χ2n) is 4.10. The van der Waals surface area contributed by atoms with E-state index in [2.05, 4.69) is 4.72 Å².